The molecule has 0 unspecified atom stereocenters. The molecule has 19 heavy (non-hydrogen) atoms. The molecule has 104 valence electrons. The molecule has 0 bridgehead atoms. The molecule has 0 saturated heterocycles. The molecule has 0 heterocycles. The number of nitrogens with one attached hydrogen (secondary N) is 1. The second-order valence-electron chi connectivity index (χ2n) is 5.56. The Bertz CT molecular complexity index is 455. The fourth-order valence-corrected chi connectivity index (χ4v) is 2.40. The minimum atomic E-state index is 0.0236. The number of carbonyl (C=O) groups is 1. The van der Waals surface area contributed by atoms with Gasteiger partial charge >= 0.3 is 0 Å². The highest BCUT2D eigenvalue weighted by atomic mass is 16.2. The van der Waals surface area contributed by atoms with Gasteiger partial charge in [-0.15, -0.1) is 0 Å². The number of anilines is 2. The largest absolute Gasteiger partial charge is 0.398 e. The number of rotatable bonds is 5. The Morgan fingerprint density at radius 1 is 1.47 bits per heavy atom. The Balaban J connectivity index is 1.84. The van der Waals surface area contributed by atoms with Crippen LogP contribution >= 0.6 is 0 Å². The van der Waals surface area contributed by atoms with Crippen molar-refractivity contribution in [1.29, 1.82) is 0 Å². The van der Waals surface area contributed by atoms with E-state index in [1.165, 1.54) is 19.3 Å². The van der Waals surface area contributed by atoms with Crippen LogP contribution in [0.15, 0.2) is 18.2 Å². The van der Waals surface area contributed by atoms with Crippen molar-refractivity contribution in [3.63, 3.8) is 0 Å². The van der Waals surface area contributed by atoms with Crippen LogP contribution in [0.1, 0.15) is 24.8 Å². The summed E-state index contributed by atoms with van der Waals surface area (Å²) in [6.07, 6.45) is 3.95. The smallest absolute Gasteiger partial charge is 0.238 e. The molecule has 0 radical (unpaired) electrons. The molecule has 4 nitrogen and oxygen atoms in total. The molecule has 1 aromatic rings. The summed E-state index contributed by atoms with van der Waals surface area (Å²) in [5.41, 5.74) is 8.27. The van der Waals surface area contributed by atoms with Crippen LogP contribution in [0.4, 0.5) is 11.4 Å². The molecule has 1 saturated carbocycles. The van der Waals surface area contributed by atoms with Gasteiger partial charge in [0.05, 0.1) is 6.54 Å². The van der Waals surface area contributed by atoms with E-state index in [-0.39, 0.29) is 5.91 Å². The van der Waals surface area contributed by atoms with Crippen LogP contribution in [-0.4, -0.2) is 30.9 Å². The quantitative estimate of drug-likeness (QED) is 0.799. The van der Waals surface area contributed by atoms with E-state index in [0.29, 0.717) is 12.2 Å². The molecular weight excluding hydrogens is 238 g/mol. The van der Waals surface area contributed by atoms with Gasteiger partial charge < -0.3 is 11.1 Å². The van der Waals surface area contributed by atoms with Crippen molar-refractivity contribution < 1.29 is 4.79 Å². The van der Waals surface area contributed by atoms with Crippen LogP contribution in [0.5, 0.6) is 0 Å². The molecule has 1 aliphatic rings. The molecule has 1 fully saturated rings. The first-order chi connectivity index (χ1) is 9.06. The highest BCUT2D eigenvalue weighted by Crippen LogP contribution is 2.26. The monoisotopic (exact) mass is 261 g/mol. The zero-order chi connectivity index (χ0) is 13.8. The fraction of sp³-hybridized carbons (Fsp3) is 0.533. The molecule has 4 heteroatoms. The van der Waals surface area contributed by atoms with Gasteiger partial charge in [-0.3, -0.25) is 9.69 Å². The number of hydrogen-bond acceptors (Lipinski definition) is 3. The Hall–Kier alpha value is -1.55. The number of nitrogen functional groups attached to an aromatic ring is 1. The zero-order valence-corrected chi connectivity index (χ0v) is 11.8. The van der Waals surface area contributed by atoms with Crippen LogP contribution in [0.25, 0.3) is 0 Å². The third-order valence-corrected chi connectivity index (χ3v) is 3.86. The molecule has 0 spiro atoms. The number of amides is 1. The molecule has 0 aliphatic heterocycles. The molecule has 1 aromatic carbocycles. The van der Waals surface area contributed by atoms with Gasteiger partial charge in [-0.25, -0.2) is 0 Å². The van der Waals surface area contributed by atoms with Crippen molar-refractivity contribution in [3.05, 3.63) is 23.8 Å². The summed E-state index contributed by atoms with van der Waals surface area (Å²) in [5, 5.41) is 2.93. The maximum absolute atomic E-state index is 12.0. The summed E-state index contributed by atoms with van der Waals surface area (Å²) >= 11 is 0. The summed E-state index contributed by atoms with van der Waals surface area (Å²) < 4.78 is 0. The Kier molecular flexibility index (Phi) is 4.43. The number of carbonyl (C=O) groups excluding carboxylic acids is 1. The second-order valence-corrected chi connectivity index (χ2v) is 5.56. The summed E-state index contributed by atoms with van der Waals surface area (Å²) in [4.78, 5) is 14.1. The van der Waals surface area contributed by atoms with Gasteiger partial charge in [0.15, 0.2) is 0 Å². The standard InChI is InChI=1S/C15H23N3O/c1-11-13(16)7-4-8-14(11)17-15(19)10-18(2)9-12-5-3-6-12/h4,7-8,12H,3,5-6,9-10,16H2,1-2H3,(H,17,19). The van der Waals surface area contributed by atoms with Gasteiger partial charge in [0.2, 0.25) is 5.91 Å². The molecule has 0 atom stereocenters. The van der Waals surface area contributed by atoms with E-state index >= 15 is 0 Å². The van der Waals surface area contributed by atoms with E-state index in [1.807, 2.05) is 32.2 Å². The van der Waals surface area contributed by atoms with E-state index in [1.54, 1.807) is 0 Å². The molecule has 3 N–H and O–H groups in total. The van der Waals surface area contributed by atoms with Crippen molar-refractivity contribution in [2.24, 2.45) is 5.92 Å². The highest BCUT2D eigenvalue weighted by molar-refractivity contribution is 5.93. The minimum Gasteiger partial charge on any atom is -0.398 e. The molecular formula is C15H23N3O. The Morgan fingerprint density at radius 3 is 2.84 bits per heavy atom. The van der Waals surface area contributed by atoms with Crippen molar-refractivity contribution >= 4 is 17.3 Å². The van der Waals surface area contributed by atoms with Gasteiger partial charge in [-0.05, 0) is 50.4 Å². The topological polar surface area (TPSA) is 58.4 Å². The normalized spacial score (nSPS) is 15.3. The predicted octanol–water partition coefficient (Wildman–Crippen LogP) is 2.25. The number of nitrogens with zero attached hydrogens (tertiary/aromatic N) is 1. The van der Waals surface area contributed by atoms with Crippen LogP contribution in [0, 0.1) is 12.8 Å². The minimum absolute atomic E-state index is 0.0236. The summed E-state index contributed by atoms with van der Waals surface area (Å²) in [5.74, 6) is 0.808. The van der Waals surface area contributed by atoms with Crippen molar-refractivity contribution in [1.82, 2.24) is 4.90 Å². The van der Waals surface area contributed by atoms with Gasteiger partial charge in [-0.1, -0.05) is 12.5 Å². The lowest BCUT2D eigenvalue weighted by Gasteiger charge is -2.29. The third-order valence-electron chi connectivity index (χ3n) is 3.86. The zero-order valence-electron chi connectivity index (χ0n) is 11.8. The molecule has 0 aromatic heterocycles. The van der Waals surface area contributed by atoms with Crippen molar-refractivity contribution in [3.8, 4) is 0 Å². The Morgan fingerprint density at radius 2 is 2.21 bits per heavy atom. The lowest BCUT2D eigenvalue weighted by atomic mass is 9.85. The first kappa shape index (κ1) is 13.9. The van der Waals surface area contributed by atoms with Crippen molar-refractivity contribution in [2.75, 3.05) is 31.2 Å². The maximum Gasteiger partial charge on any atom is 0.238 e. The molecule has 2 rings (SSSR count). The second kappa shape index (κ2) is 6.06. The molecule has 1 aliphatic carbocycles. The number of hydrogen-bond donors (Lipinski definition) is 2. The van der Waals surface area contributed by atoms with Crippen LogP contribution in [0.3, 0.4) is 0 Å². The van der Waals surface area contributed by atoms with E-state index in [2.05, 4.69) is 10.2 Å². The van der Waals surface area contributed by atoms with Gasteiger partial charge in [-0.2, -0.15) is 0 Å². The average molecular weight is 261 g/mol. The Labute approximate surface area is 115 Å². The summed E-state index contributed by atoms with van der Waals surface area (Å²) in [6.45, 7) is 3.37. The van der Waals surface area contributed by atoms with Crippen LogP contribution in [-0.2, 0) is 4.79 Å². The summed E-state index contributed by atoms with van der Waals surface area (Å²) in [7, 11) is 2.00. The first-order valence-electron chi connectivity index (χ1n) is 6.89. The fourth-order valence-electron chi connectivity index (χ4n) is 2.40. The van der Waals surface area contributed by atoms with Gasteiger partial charge in [0.1, 0.15) is 0 Å². The highest BCUT2D eigenvalue weighted by Gasteiger charge is 2.20. The lowest BCUT2D eigenvalue weighted by molar-refractivity contribution is -0.117. The SMILES string of the molecule is Cc1c(N)cccc1NC(=O)CN(C)CC1CCC1. The van der Waals surface area contributed by atoms with E-state index in [0.717, 1.165) is 23.7 Å². The lowest BCUT2D eigenvalue weighted by Crippen LogP contribution is -2.35. The van der Waals surface area contributed by atoms with Gasteiger partial charge in [0.25, 0.3) is 0 Å². The maximum atomic E-state index is 12.0. The first-order valence-corrected chi connectivity index (χ1v) is 6.89. The number of likely N-dealkylation sites (N-methyl/N-ethyl adjacent to an activating group) is 1. The van der Waals surface area contributed by atoms with E-state index < -0.39 is 0 Å². The van der Waals surface area contributed by atoms with Gasteiger partial charge in [0, 0.05) is 17.9 Å². The number of nitrogens with two attached hydrogens (primary N) is 1. The average Bonchev–Trinajstić information content (AvgIpc) is 2.30. The third kappa shape index (κ3) is 3.70. The van der Waals surface area contributed by atoms with E-state index in [4.69, 9.17) is 5.73 Å². The predicted molar refractivity (Wildman–Crippen MR) is 79.1 cm³/mol. The summed E-state index contributed by atoms with van der Waals surface area (Å²) in [6, 6.07) is 5.58. The van der Waals surface area contributed by atoms with Crippen LogP contribution in [0.2, 0.25) is 0 Å². The van der Waals surface area contributed by atoms with Crippen LogP contribution < -0.4 is 11.1 Å². The molecule has 1 amide bonds. The van der Waals surface area contributed by atoms with E-state index in [9.17, 15) is 4.79 Å². The number of benzene rings is 1. The van der Waals surface area contributed by atoms with Crippen molar-refractivity contribution in [2.45, 2.75) is 26.2 Å².